The lowest BCUT2D eigenvalue weighted by Crippen LogP contribution is -2.44. The fourth-order valence-corrected chi connectivity index (χ4v) is 3.20. The third kappa shape index (κ3) is 3.78. The van der Waals surface area contributed by atoms with Gasteiger partial charge in [-0.2, -0.15) is 0 Å². The monoisotopic (exact) mass is 282 g/mol. The van der Waals surface area contributed by atoms with Crippen LogP contribution in [-0.2, 0) is 16.4 Å². The number of benzene rings is 1. The Bertz CT molecular complexity index is 525. The minimum absolute atomic E-state index is 0.318. The summed E-state index contributed by atoms with van der Waals surface area (Å²) in [5, 5.41) is 0. The number of nitrogens with two attached hydrogens (primary N) is 1. The fourth-order valence-electron chi connectivity index (χ4n) is 2.57. The number of hydrogen-bond acceptors (Lipinski definition) is 4. The number of hydrogen-bond donors (Lipinski definition) is 1. The second kappa shape index (κ2) is 5.61. The van der Waals surface area contributed by atoms with E-state index in [9.17, 15) is 8.42 Å². The van der Waals surface area contributed by atoms with Crippen LogP contribution in [0.2, 0.25) is 0 Å². The molecule has 1 aliphatic rings. The van der Waals surface area contributed by atoms with Crippen LogP contribution in [-0.4, -0.2) is 38.2 Å². The van der Waals surface area contributed by atoms with Crippen molar-refractivity contribution >= 4 is 9.84 Å². The summed E-state index contributed by atoms with van der Waals surface area (Å²) in [6.45, 7) is 4.07. The molecule has 1 aromatic rings. The summed E-state index contributed by atoms with van der Waals surface area (Å²) in [5.74, 6) is 0. The number of sulfone groups is 1. The number of rotatable bonds is 3. The van der Waals surface area contributed by atoms with Crippen LogP contribution in [0, 0.1) is 0 Å². The average Bonchev–Trinajstić information content (AvgIpc) is 2.32. The predicted molar refractivity (Wildman–Crippen MR) is 76.6 cm³/mol. The molecule has 1 fully saturated rings. The molecule has 2 rings (SSSR count). The van der Waals surface area contributed by atoms with E-state index in [1.54, 1.807) is 12.1 Å². The van der Waals surface area contributed by atoms with E-state index in [4.69, 9.17) is 5.73 Å². The quantitative estimate of drug-likeness (QED) is 0.910. The minimum atomic E-state index is -3.10. The molecule has 0 spiro atoms. The van der Waals surface area contributed by atoms with Gasteiger partial charge < -0.3 is 5.73 Å². The first kappa shape index (κ1) is 14.5. The van der Waals surface area contributed by atoms with Gasteiger partial charge in [0.15, 0.2) is 9.84 Å². The zero-order valence-corrected chi connectivity index (χ0v) is 12.4. The smallest absolute Gasteiger partial charge is 0.175 e. The molecule has 5 heteroatoms. The summed E-state index contributed by atoms with van der Waals surface area (Å²) in [4.78, 5) is 2.78. The third-order valence-electron chi connectivity index (χ3n) is 3.79. The van der Waals surface area contributed by atoms with Gasteiger partial charge in [-0.25, -0.2) is 8.42 Å². The number of likely N-dealkylation sites (tertiary alicyclic amines) is 1. The maximum Gasteiger partial charge on any atom is 0.175 e. The normalized spacial score (nSPS) is 25.4. The number of nitrogens with zero attached hydrogens (tertiary/aromatic N) is 1. The van der Waals surface area contributed by atoms with Crippen LogP contribution >= 0.6 is 0 Å². The molecule has 106 valence electrons. The van der Waals surface area contributed by atoms with E-state index in [0.717, 1.165) is 31.5 Å². The zero-order valence-electron chi connectivity index (χ0n) is 11.5. The highest BCUT2D eigenvalue weighted by atomic mass is 32.2. The van der Waals surface area contributed by atoms with Crippen molar-refractivity contribution in [3.8, 4) is 0 Å². The second-order valence-corrected chi connectivity index (χ2v) is 7.54. The van der Waals surface area contributed by atoms with Crippen molar-refractivity contribution in [1.82, 2.24) is 4.90 Å². The van der Waals surface area contributed by atoms with Crippen LogP contribution in [0.15, 0.2) is 29.2 Å². The van der Waals surface area contributed by atoms with E-state index in [-0.39, 0.29) is 0 Å². The molecule has 19 heavy (non-hydrogen) atoms. The molecule has 1 aliphatic heterocycles. The van der Waals surface area contributed by atoms with E-state index in [1.165, 1.54) is 6.26 Å². The van der Waals surface area contributed by atoms with Crippen molar-refractivity contribution in [2.45, 2.75) is 43.3 Å². The third-order valence-corrected chi connectivity index (χ3v) is 4.92. The molecule has 0 radical (unpaired) electrons. The van der Waals surface area contributed by atoms with Crippen molar-refractivity contribution < 1.29 is 8.42 Å². The Morgan fingerprint density at radius 2 is 1.95 bits per heavy atom. The Balaban J connectivity index is 2.04. The summed E-state index contributed by atoms with van der Waals surface area (Å²) in [6.07, 6.45) is 3.29. The van der Waals surface area contributed by atoms with Gasteiger partial charge in [0.1, 0.15) is 0 Å². The molecule has 1 aromatic carbocycles. The molecule has 0 saturated carbocycles. The van der Waals surface area contributed by atoms with Gasteiger partial charge in [-0.3, -0.25) is 4.90 Å². The van der Waals surface area contributed by atoms with Crippen LogP contribution in [0.3, 0.4) is 0 Å². The van der Waals surface area contributed by atoms with Gasteiger partial charge >= 0.3 is 0 Å². The molecule has 0 aliphatic carbocycles. The van der Waals surface area contributed by atoms with E-state index in [1.807, 2.05) is 12.1 Å². The lowest BCUT2D eigenvalue weighted by atomic mass is 9.98. The van der Waals surface area contributed by atoms with E-state index in [0.29, 0.717) is 17.0 Å². The maximum atomic E-state index is 11.4. The first-order valence-electron chi connectivity index (χ1n) is 6.65. The molecule has 0 aromatic heterocycles. The largest absolute Gasteiger partial charge is 0.328 e. The molecule has 2 atom stereocenters. The highest BCUT2D eigenvalue weighted by Crippen LogP contribution is 2.19. The molecule has 1 saturated heterocycles. The molecule has 0 bridgehead atoms. The molecular weight excluding hydrogens is 260 g/mol. The Labute approximate surface area is 115 Å². The van der Waals surface area contributed by atoms with Crippen LogP contribution in [0.1, 0.15) is 25.3 Å². The summed E-state index contributed by atoms with van der Waals surface area (Å²) >= 11 is 0. The van der Waals surface area contributed by atoms with E-state index >= 15 is 0 Å². The zero-order chi connectivity index (χ0) is 14.0. The van der Waals surface area contributed by atoms with Crippen LogP contribution in [0.4, 0.5) is 0 Å². The Morgan fingerprint density at radius 1 is 1.32 bits per heavy atom. The van der Waals surface area contributed by atoms with Gasteiger partial charge in [0.05, 0.1) is 4.90 Å². The minimum Gasteiger partial charge on any atom is -0.328 e. The van der Waals surface area contributed by atoms with Gasteiger partial charge in [-0.05, 0) is 37.5 Å². The van der Waals surface area contributed by atoms with Crippen LogP contribution in [0.25, 0.3) is 0 Å². The fraction of sp³-hybridized carbons (Fsp3) is 0.571. The highest BCUT2D eigenvalue weighted by Gasteiger charge is 2.22. The van der Waals surface area contributed by atoms with Gasteiger partial charge in [0.2, 0.25) is 0 Å². The van der Waals surface area contributed by atoms with Gasteiger partial charge in [-0.15, -0.1) is 0 Å². The van der Waals surface area contributed by atoms with Crippen molar-refractivity contribution in [1.29, 1.82) is 0 Å². The number of piperidine rings is 1. The van der Waals surface area contributed by atoms with Crippen molar-refractivity contribution in [2.75, 3.05) is 12.8 Å². The van der Waals surface area contributed by atoms with Crippen molar-refractivity contribution in [2.24, 2.45) is 5.73 Å². The SMILES string of the molecule is CC1CC(N)CCN1Cc1ccc(S(C)(=O)=O)cc1. The van der Waals surface area contributed by atoms with E-state index < -0.39 is 9.84 Å². The molecular formula is C14H22N2O2S. The average molecular weight is 282 g/mol. The van der Waals surface area contributed by atoms with Crippen molar-refractivity contribution in [3.05, 3.63) is 29.8 Å². The van der Waals surface area contributed by atoms with Crippen molar-refractivity contribution in [3.63, 3.8) is 0 Å². The molecule has 2 N–H and O–H groups in total. The summed E-state index contributed by atoms with van der Waals surface area (Å²) in [5.41, 5.74) is 7.10. The molecule has 2 unspecified atom stereocenters. The Morgan fingerprint density at radius 3 is 2.47 bits per heavy atom. The standard InChI is InChI=1S/C14H22N2O2S/c1-11-9-13(15)7-8-16(11)10-12-3-5-14(6-4-12)19(2,17)18/h3-6,11,13H,7-10,15H2,1-2H3. The highest BCUT2D eigenvalue weighted by molar-refractivity contribution is 7.90. The summed E-state index contributed by atoms with van der Waals surface area (Å²) in [7, 11) is -3.10. The molecule has 1 heterocycles. The van der Waals surface area contributed by atoms with Gasteiger partial charge in [-0.1, -0.05) is 12.1 Å². The first-order chi connectivity index (χ1) is 8.86. The summed E-state index contributed by atoms with van der Waals surface area (Å²) in [6, 6.07) is 7.97. The van der Waals surface area contributed by atoms with Gasteiger partial charge in [0.25, 0.3) is 0 Å². The Hall–Kier alpha value is -0.910. The topological polar surface area (TPSA) is 63.4 Å². The van der Waals surface area contributed by atoms with Gasteiger partial charge in [0, 0.05) is 31.4 Å². The summed E-state index contributed by atoms with van der Waals surface area (Å²) < 4.78 is 22.8. The second-order valence-electron chi connectivity index (χ2n) is 5.52. The first-order valence-corrected chi connectivity index (χ1v) is 8.54. The molecule has 4 nitrogen and oxygen atoms in total. The molecule has 0 amide bonds. The van der Waals surface area contributed by atoms with Crippen LogP contribution < -0.4 is 5.73 Å². The predicted octanol–water partition coefficient (Wildman–Crippen LogP) is 1.40. The Kier molecular flexibility index (Phi) is 4.28. The lowest BCUT2D eigenvalue weighted by molar-refractivity contribution is 0.140. The van der Waals surface area contributed by atoms with Crippen LogP contribution in [0.5, 0.6) is 0 Å². The lowest BCUT2D eigenvalue weighted by Gasteiger charge is -2.36. The maximum absolute atomic E-state index is 11.4. The van der Waals surface area contributed by atoms with E-state index in [2.05, 4.69) is 11.8 Å².